The molecule has 14 heavy (non-hydrogen) atoms. The third kappa shape index (κ3) is 1.29. The number of amides is 1. The molecule has 3 heteroatoms. The number of pyridine rings is 1. The summed E-state index contributed by atoms with van der Waals surface area (Å²) in [5.41, 5.74) is 2.26. The Morgan fingerprint density at radius 2 is 2.21 bits per heavy atom. The largest absolute Gasteiger partial charge is 0.299 e. The molecule has 2 heterocycles. The van der Waals surface area contributed by atoms with E-state index in [4.69, 9.17) is 0 Å². The number of hydrogen-bond acceptors (Lipinski definition) is 2. The van der Waals surface area contributed by atoms with E-state index >= 15 is 0 Å². The van der Waals surface area contributed by atoms with E-state index in [9.17, 15) is 4.79 Å². The molecule has 0 N–H and O–H groups in total. The van der Waals surface area contributed by atoms with Crippen LogP contribution in [0.5, 0.6) is 0 Å². The third-order valence-electron chi connectivity index (χ3n) is 2.66. The van der Waals surface area contributed by atoms with Crippen LogP contribution in [0.2, 0.25) is 0 Å². The van der Waals surface area contributed by atoms with Crippen LogP contribution in [0.1, 0.15) is 30.9 Å². The zero-order valence-electron chi connectivity index (χ0n) is 8.74. The number of nitrogens with zero attached hydrogens (tertiary/aromatic N) is 2. The van der Waals surface area contributed by atoms with E-state index in [-0.39, 0.29) is 5.91 Å². The number of hydrogen-bond donors (Lipinski definition) is 0. The molecule has 0 radical (unpaired) electrons. The van der Waals surface area contributed by atoms with E-state index in [1.54, 1.807) is 11.9 Å². The van der Waals surface area contributed by atoms with Crippen molar-refractivity contribution in [3.8, 4) is 0 Å². The molecule has 3 nitrogen and oxygen atoms in total. The minimum Gasteiger partial charge on any atom is -0.299 e. The highest BCUT2D eigenvalue weighted by atomic mass is 16.2. The van der Waals surface area contributed by atoms with Gasteiger partial charge in [0.05, 0.1) is 6.42 Å². The molecule has 2 rings (SSSR count). The van der Waals surface area contributed by atoms with Gasteiger partial charge in [-0.3, -0.25) is 9.69 Å². The van der Waals surface area contributed by atoms with Crippen LogP contribution >= 0.6 is 0 Å². The summed E-state index contributed by atoms with van der Waals surface area (Å²) in [5, 5.41) is 0. The summed E-state index contributed by atoms with van der Waals surface area (Å²) in [6.07, 6.45) is 2.36. The fourth-order valence-corrected chi connectivity index (χ4v) is 1.67. The van der Waals surface area contributed by atoms with Gasteiger partial charge in [-0.05, 0) is 17.5 Å². The fraction of sp³-hybridized carbons (Fsp3) is 0.455. The summed E-state index contributed by atoms with van der Waals surface area (Å²) >= 11 is 0. The molecule has 1 aromatic rings. The van der Waals surface area contributed by atoms with Crippen molar-refractivity contribution in [2.45, 2.75) is 26.2 Å². The molecule has 0 spiro atoms. The minimum absolute atomic E-state index is 0.133. The molecule has 0 aromatic carbocycles. The molecule has 1 amide bonds. The summed E-state index contributed by atoms with van der Waals surface area (Å²) in [6, 6.07) is 2.09. The average molecular weight is 190 g/mol. The van der Waals surface area contributed by atoms with Crippen molar-refractivity contribution in [3.63, 3.8) is 0 Å². The van der Waals surface area contributed by atoms with Gasteiger partial charge >= 0.3 is 0 Å². The van der Waals surface area contributed by atoms with Crippen molar-refractivity contribution in [3.05, 3.63) is 23.4 Å². The van der Waals surface area contributed by atoms with E-state index in [0.29, 0.717) is 12.3 Å². The first-order valence-corrected chi connectivity index (χ1v) is 4.85. The summed E-state index contributed by atoms with van der Waals surface area (Å²) in [5.74, 6) is 1.42. The standard InChI is InChI=1S/C11H14N2O/c1-7(2)9-4-8-5-10(14)13(3)11(8)12-6-9/h4,6-7H,5H2,1-3H3. The van der Waals surface area contributed by atoms with Crippen LogP contribution in [0.25, 0.3) is 0 Å². The molecule has 0 fully saturated rings. The van der Waals surface area contributed by atoms with E-state index < -0.39 is 0 Å². The van der Waals surface area contributed by atoms with Gasteiger partial charge in [0.15, 0.2) is 0 Å². The highest BCUT2D eigenvalue weighted by molar-refractivity contribution is 5.99. The molecule has 0 saturated carbocycles. The highest BCUT2D eigenvalue weighted by Gasteiger charge is 2.25. The molecule has 1 aliphatic heterocycles. The predicted octanol–water partition coefficient (Wildman–Crippen LogP) is 1.72. The maximum absolute atomic E-state index is 11.4. The quantitative estimate of drug-likeness (QED) is 0.675. The van der Waals surface area contributed by atoms with Gasteiger partial charge in [0.2, 0.25) is 5.91 Å². The van der Waals surface area contributed by atoms with Crippen molar-refractivity contribution in [2.24, 2.45) is 0 Å². The van der Waals surface area contributed by atoms with E-state index in [2.05, 4.69) is 24.9 Å². The first-order chi connectivity index (χ1) is 6.59. The Kier molecular flexibility index (Phi) is 2.02. The van der Waals surface area contributed by atoms with E-state index in [1.807, 2.05) is 6.20 Å². The Hall–Kier alpha value is -1.38. The third-order valence-corrected chi connectivity index (χ3v) is 2.66. The molecular formula is C11H14N2O. The number of rotatable bonds is 1. The van der Waals surface area contributed by atoms with Gasteiger partial charge < -0.3 is 0 Å². The first-order valence-electron chi connectivity index (χ1n) is 4.85. The van der Waals surface area contributed by atoms with Gasteiger partial charge in [-0.25, -0.2) is 4.98 Å². The van der Waals surface area contributed by atoms with E-state index in [0.717, 1.165) is 11.4 Å². The Morgan fingerprint density at radius 1 is 1.50 bits per heavy atom. The van der Waals surface area contributed by atoms with E-state index in [1.165, 1.54) is 5.56 Å². The number of carbonyl (C=O) groups excluding carboxylic acids is 1. The SMILES string of the molecule is CC(C)c1cnc2c(c1)CC(=O)N2C. The number of likely N-dealkylation sites (N-methyl/N-ethyl adjacent to an activating group) is 1. The van der Waals surface area contributed by atoms with Gasteiger partial charge in [-0.15, -0.1) is 0 Å². The Bertz CT molecular complexity index is 385. The van der Waals surface area contributed by atoms with Gasteiger partial charge in [0, 0.05) is 18.8 Å². The van der Waals surface area contributed by atoms with Crippen molar-refractivity contribution in [1.29, 1.82) is 0 Å². The smallest absolute Gasteiger partial charge is 0.232 e. The predicted molar refractivity (Wildman–Crippen MR) is 55.4 cm³/mol. The average Bonchev–Trinajstić information content (AvgIpc) is 2.42. The van der Waals surface area contributed by atoms with Crippen molar-refractivity contribution in [1.82, 2.24) is 4.98 Å². The summed E-state index contributed by atoms with van der Waals surface area (Å²) in [7, 11) is 1.77. The van der Waals surface area contributed by atoms with Crippen LogP contribution in [-0.2, 0) is 11.2 Å². The molecule has 0 aliphatic carbocycles. The van der Waals surface area contributed by atoms with Gasteiger partial charge in [0.25, 0.3) is 0 Å². The lowest BCUT2D eigenvalue weighted by atomic mass is 10.0. The number of anilines is 1. The molecule has 0 unspecified atom stereocenters. The van der Waals surface area contributed by atoms with Crippen LogP contribution in [0.3, 0.4) is 0 Å². The van der Waals surface area contributed by atoms with Crippen LogP contribution < -0.4 is 4.90 Å². The Morgan fingerprint density at radius 3 is 2.86 bits per heavy atom. The van der Waals surface area contributed by atoms with Crippen molar-refractivity contribution >= 4 is 11.7 Å². The van der Waals surface area contributed by atoms with Gasteiger partial charge in [0.1, 0.15) is 5.82 Å². The highest BCUT2D eigenvalue weighted by Crippen LogP contribution is 2.27. The minimum atomic E-state index is 0.133. The summed E-state index contributed by atoms with van der Waals surface area (Å²) < 4.78 is 0. The molecule has 0 atom stereocenters. The maximum atomic E-state index is 11.4. The Balaban J connectivity index is 2.44. The second-order valence-electron chi connectivity index (χ2n) is 4.04. The number of carbonyl (C=O) groups is 1. The topological polar surface area (TPSA) is 33.2 Å². The molecule has 74 valence electrons. The Labute approximate surface area is 83.8 Å². The maximum Gasteiger partial charge on any atom is 0.232 e. The summed E-state index contributed by atoms with van der Waals surface area (Å²) in [6.45, 7) is 4.26. The normalized spacial score (nSPS) is 15.1. The van der Waals surface area contributed by atoms with Crippen LogP contribution in [0.15, 0.2) is 12.3 Å². The second kappa shape index (κ2) is 3.08. The lowest BCUT2D eigenvalue weighted by Gasteiger charge is -2.10. The summed E-state index contributed by atoms with van der Waals surface area (Å²) in [4.78, 5) is 17.3. The zero-order valence-corrected chi connectivity index (χ0v) is 8.74. The molecular weight excluding hydrogens is 176 g/mol. The van der Waals surface area contributed by atoms with Gasteiger partial charge in [-0.1, -0.05) is 13.8 Å². The molecule has 1 aromatic heterocycles. The fourth-order valence-electron chi connectivity index (χ4n) is 1.67. The van der Waals surface area contributed by atoms with Crippen LogP contribution in [-0.4, -0.2) is 17.9 Å². The van der Waals surface area contributed by atoms with Crippen LogP contribution in [0, 0.1) is 0 Å². The van der Waals surface area contributed by atoms with Crippen LogP contribution in [0.4, 0.5) is 5.82 Å². The van der Waals surface area contributed by atoms with Gasteiger partial charge in [-0.2, -0.15) is 0 Å². The number of fused-ring (bicyclic) bond motifs is 1. The monoisotopic (exact) mass is 190 g/mol. The number of aromatic nitrogens is 1. The van der Waals surface area contributed by atoms with Crippen molar-refractivity contribution < 1.29 is 4.79 Å². The molecule has 1 aliphatic rings. The molecule has 0 saturated heterocycles. The van der Waals surface area contributed by atoms with Crippen molar-refractivity contribution in [2.75, 3.05) is 11.9 Å². The molecule has 0 bridgehead atoms. The second-order valence-corrected chi connectivity index (χ2v) is 4.04. The first kappa shape index (κ1) is 9.19. The lowest BCUT2D eigenvalue weighted by Crippen LogP contribution is -2.21. The zero-order chi connectivity index (χ0) is 10.3. The lowest BCUT2D eigenvalue weighted by molar-refractivity contribution is -0.117.